The first kappa shape index (κ1) is 23.7. The molecule has 10 heteroatoms. The lowest BCUT2D eigenvalue weighted by atomic mass is 10.1. The summed E-state index contributed by atoms with van der Waals surface area (Å²) < 4.78 is 16.7. The smallest absolute Gasteiger partial charge is 0.281 e. The van der Waals surface area contributed by atoms with E-state index in [1.54, 1.807) is 54.6 Å². The number of nitro groups is 1. The molecule has 1 amide bonds. The van der Waals surface area contributed by atoms with Gasteiger partial charge in [-0.05, 0) is 65.8 Å². The number of methoxy groups -OCH3 is 2. The number of anilines is 1. The van der Waals surface area contributed by atoms with Crippen LogP contribution in [0.2, 0.25) is 0 Å². The van der Waals surface area contributed by atoms with Crippen LogP contribution in [0.25, 0.3) is 6.08 Å². The Morgan fingerprint density at radius 2 is 1.71 bits per heavy atom. The van der Waals surface area contributed by atoms with Gasteiger partial charge in [-0.25, -0.2) is 4.90 Å². The lowest BCUT2D eigenvalue weighted by molar-refractivity contribution is -0.384. The van der Waals surface area contributed by atoms with Crippen molar-refractivity contribution < 1.29 is 23.9 Å². The van der Waals surface area contributed by atoms with Crippen molar-refractivity contribution in [2.24, 2.45) is 0 Å². The van der Waals surface area contributed by atoms with Gasteiger partial charge in [0.05, 0.1) is 24.8 Å². The molecule has 0 atom stereocenters. The quantitative estimate of drug-likeness (QED) is 0.213. The fourth-order valence-electron chi connectivity index (χ4n) is 3.50. The fraction of sp³-hybridized carbons (Fsp3) is 0.120. The molecule has 1 aliphatic heterocycles. The van der Waals surface area contributed by atoms with Crippen molar-refractivity contribution in [1.82, 2.24) is 5.32 Å². The third kappa shape index (κ3) is 5.07. The van der Waals surface area contributed by atoms with E-state index < -0.39 is 4.92 Å². The summed E-state index contributed by atoms with van der Waals surface area (Å²) in [6.07, 6.45) is 1.67. The van der Waals surface area contributed by atoms with Crippen LogP contribution >= 0.6 is 12.2 Å². The first-order valence-corrected chi connectivity index (χ1v) is 10.9. The molecule has 0 spiro atoms. The second-order valence-corrected chi connectivity index (χ2v) is 7.81. The number of ether oxygens (including phenoxy) is 3. The van der Waals surface area contributed by atoms with Crippen LogP contribution in [0.5, 0.6) is 17.2 Å². The zero-order chi connectivity index (χ0) is 24.9. The molecule has 3 aromatic rings. The summed E-state index contributed by atoms with van der Waals surface area (Å²) in [6.45, 7) is 0.205. The third-order valence-corrected chi connectivity index (χ3v) is 5.53. The maximum absolute atomic E-state index is 13.1. The molecule has 1 fully saturated rings. The van der Waals surface area contributed by atoms with Gasteiger partial charge in [-0.15, -0.1) is 0 Å². The van der Waals surface area contributed by atoms with Gasteiger partial charge in [0, 0.05) is 12.1 Å². The van der Waals surface area contributed by atoms with Crippen LogP contribution in [-0.2, 0) is 11.4 Å². The van der Waals surface area contributed by atoms with Crippen molar-refractivity contribution in [2.75, 3.05) is 19.1 Å². The number of thiocarbonyl (C=S) groups is 1. The number of nitrogens with zero attached hydrogens (tertiary/aromatic N) is 2. The number of para-hydroxylation sites is 2. The van der Waals surface area contributed by atoms with Crippen LogP contribution in [0.1, 0.15) is 11.1 Å². The molecule has 35 heavy (non-hydrogen) atoms. The van der Waals surface area contributed by atoms with Crippen LogP contribution in [0.4, 0.5) is 11.4 Å². The number of benzene rings is 3. The summed E-state index contributed by atoms with van der Waals surface area (Å²) in [4.78, 5) is 24.8. The minimum Gasteiger partial charge on any atom is -0.495 e. The number of nitrogens with one attached hydrogen (secondary N) is 1. The van der Waals surface area contributed by atoms with Crippen LogP contribution in [0, 0.1) is 10.1 Å². The van der Waals surface area contributed by atoms with Crippen molar-refractivity contribution >= 4 is 40.7 Å². The van der Waals surface area contributed by atoms with Crippen molar-refractivity contribution in [3.63, 3.8) is 0 Å². The van der Waals surface area contributed by atoms with Gasteiger partial charge in [0.15, 0.2) is 16.6 Å². The van der Waals surface area contributed by atoms with E-state index in [1.807, 2.05) is 6.07 Å². The van der Waals surface area contributed by atoms with Gasteiger partial charge < -0.3 is 19.5 Å². The Morgan fingerprint density at radius 1 is 1.00 bits per heavy atom. The lowest BCUT2D eigenvalue weighted by Crippen LogP contribution is -2.30. The topological polar surface area (TPSA) is 103 Å². The van der Waals surface area contributed by atoms with Crippen LogP contribution in [0.3, 0.4) is 0 Å². The second kappa shape index (κ2) is 10.2. The van der Waals surface area contributed by atoms with E-state index in [0.29, 0.717) is 34.2 Å². The maximum Gasteiger partial charge on any atom is 0.281 e. The summed E-state index contributed by atoms with van der Waals surface area (Å²) in [6, 6.07) is 18.5. The normalized spacial score (nSPS) is 14.1. The monoisotopic (exact) mass is 491 g/mol. The Labute approximate surface area is 206 Å². The minimum absolute atomic E-state index is 0.0162. The molecule has 0 unspecified atom stereocenters. The number of hydrogen-bond acceptors (Lipinski definition) is 7. The molecule has 1 N–H and O–H groups in total. The lowest BCUT2D eigenvalue weighted by Gasteiger charge is -2.17. The molecule has 178 valence electrons. The van der Waals surface area contributed by atoms with Crippen molar-refractivity contribution in [3.8, 4) is 17.2 Å². The number of amides is 1. The Kier molecular flexibility index (Phi) is 6.93. The highest BCUT2D eigenvalue weighted by molar-refractivity contribution is 7.80. The highest BCUT2D eigenvalue weighted by atomic mass is 32.1. The second-order valence-electron chi connectivity index (χ2n) is 7.42. The number of carbonyl (C=O) groups excluding carboxylic acids is 1. The molecule has 0 saturated carbocycles. The molecular weight excluding hydrogens is 470 g/mol. The molecule has 1 heterocycles. The predicted molar refractivity (Wildman–Crippen MR) is 135 cm³/mol. The van der Waals surface area contributed by atoms with Gasteiger partial charge in [0.1, 0.15) is 18.1 Å². The average Bonchev–Trinajstić information content (AvgIpc) is 3.15. The van der Waals surface area contributed by atoms with Crippen molar-refractivity contribution in [3.05, 3.63) is 93.7 Å². The average molecular weight is 492 g/mol. The molecule has 0 aliphatic carbocycles. The molecule has 3 aromatic carbocycles. The van der Waals surface area contributed by atoms with E-state index in [1.165, 1.54) is 31.3 Å². The number of hydrogen-bond donors (Lipinski definition) is 1. The number of rotatable bonds is 8. The summed E-state index contributed by atoms with van der Waals surface area (Å²) in [5.74, 6) is 1.18. The predicted octanol–water partition coefficient (Wildman–Crippen LogP) is 4.45. The van der Waals surface area contributed by atoms with E-state index in [4.69, 9.17) is 26.4 Å². The maximum atomic E-state index is 13.1. The van der Waals surface area contributed by atoms with Gasteiger partial charge in [-0.1, -0.05) is 18.2 Å². The molecule has 0 radical (unpaired) electrons. The van der Waals surface area contributed by atoms with E-state index >= 15 is 0 Å². The number of nitro benzene ring substituents is 1. The summed E-state index contributed by atoms with van der Waals surface area (Å²) in [5, 5.41) is 14.0. The molecule has 1 saturated heterocycles. The van der Waals surface area contributed by atoms with Gasteiger partial charge >= 0.3 is 0 Å². The Bertz CT molecular complexity index is 1320. The molecule has 4 rings (SSSR count). The zero-order valence-electron chi connectivity index (χ0n) is 18.9. The van der Waals surface area contributed by atoms with Crippen LogP contribution in [0.15, 0.2) is 72.4 Å². The van der Waals surface area contributed by atoms with Crippen molar-refractivity contribution in [2.45, 2.75) is 6.61 Å². The van der Waals surface area contributed by atoms with E-state index in [0.717, 1.165) is 5.56 Å². The molecule has 0 bridgehead atoms. The molecular formula is C25H21N3O6S. The summed E-state index contributed by atoms with van der Waals surface area (Å²) in [5.41, 5.74) is 2.35. The Balaban J connectivity index is 1.51. The molecule has 9 nitrogen and oxygen atoms in total. The summed E-state index contributed by atoms with van der Waals surface area (Å²) >= 11 is 5.39. The SMILES string of the molecule is COc1cc(/C=C2/NC(=S)N(c3ccccc3OC)C2=O)ccc1OCc1ccc([N+](=O)[O-])cc1. The largest absolute Gasteiger partial charge is 0.495 e. The minimum atomic E-state index is -0.451. The molecule has 0 aromatic heterocycles. The first-order valence-electron chi connectivity index (χ1n) is 10.5. The van der Waals surface area contributed by atoms with E-state index in [9.17, 15) is 14.9 Å². The van der Waals surface area contributed by atoms with Gasteiger partial charge in [0.2, 0.25) is 0 Å². The number of non-ortho nitro benzene ring substituents is 1. The van der Waals surface area contributed by atoms with E-state index in [-0.39, 0.29) is 23.3 Å². The van der Waals surface area contributed by atoms with Crippen LogP contribution < -0.4 is 24.4 Å². The van der Waals surface area contributed by atoms with E-state index in [2.05, 4.69) is 5.32 Å². The zero-order valence-corrected chi connectivity index (χ0v) is 19.7. The highest BCUT2D eigenvalue weighted by Gasteiger charge is 2.33. The van der Waals surface area contributed by atoms with Gasteiger partial charge in [-0.3, -0.25) is 14.9 Å². The van der Waals surface area contributed by atoms with Gasteiger partial charge in [0.25, 0.3) is 11.6 Å². The Morgan fingerprint density at radius 3 is 2.40 bits per heavy atom. The van der Waals surface area contributed by atoms with Crippen LogP contribution in [-0.4, -0.2) is 30.2 Å². The standard InChI is InChI=1S/C25H21N3O6S/c1-32-21-6-4-3-5-20(21)27-24(29)19(26-25(27)35)13-17-9-12-22(23(14-17)33-2)34-15-16-7-10-18(11-8-16)28(30)31/h3-14H,15H2,1-2H3,(H,26,35)/b19-13+. The first-order chi connectivity index (χ1) is 16.9. The number of carbonyl (C=O) groups is 1. The van der Waals surface area contributed by atoms with Crippen molar-refractivity contribution in [1.29, 1.82) is 0 Å². The third-order valence-electron chi connectivity index (χ3n) is 5.24. The fourth-order valence-corrected chi connectivity index (χ4v) is 3.79. The summed E-state index contributed by atoms with van der Waals surface area (Å²) in [7, 11) is 3.05. The Hall–Kier alpha value is -4.44. The van der Waals surface area contributed by atoms with Gasteiger partial charge in [-0.2, -0.15) is 0 Å². The molecule has 1 aliphatic rings. The highest BCUT2D eigenvalue weighted by Crippen LogP contribution is 2.33.